The van der Waals surface area contributed by atoms with Gasteiger partial charge in [0.2, 0.25) is 21.8 Å². The van der Waals surface area contributed by atoms with Gasteiger partial charge in [-0.3, -0.25) is 14.3 Å². The minimum atomic E-state index is -3.67. The molecule has 1 fully saturated rings. The summed E-state index contributed by atoms with van der Waals surface area (Å²) in [6, 6.07) is 11.3. The van der Waals surface area contributed by atoms with Crippen molar-refractivity contribution in [2.75, 3.05) is 27.7 Å². The number of nitrogens with one attached hydrogen (secondary N) is 2. The molecule has 1 atom stereocenters. The molecule has 0 aromatic heterocycles. The van der Waals surface area contributed by atoms with Gasteiger partial charge in [0.1, 0.15) is 5.82 Å². The second-order valence-corrected chi connectivity index (χ2v) is 9.46. The molecule has 0 unspecified atom stereocenters. The molecule has 160 valence electrons. The molecule has 30 heavy (non-hydrogen) atoms. The fourth-order valence-electron chi connectivity index (χ4n) is 3.31. The van der Waals surface area contributed by atoms with Crippen LogP contribution in [0.15, 0.2) is 42.5 Å². The van der Waals surface area contributed by atoms with E-state index in [1.54, 1.807) is 4.90 Å². The molecule has 0 spiro atoms. The average molecular weight is 434 g/mol. The Labute approximate surface area is 175 Å². The number of sulfonamides is 1. The average Bonchev–Trinajstić information content (AvgIpc) is 3.05. The fraction of sp³-hybridized carbons (Fsp3) is 0.333. The second-order valence-electron chi connectivity index (χ2n) is 7.71. The summed E-state index contributed by atoms with van der Waals surface area (Å²) in [5, 5.41) is 2.64. The first-order valence-electron chi connectivity index (χ1n) is 9.52. The van der Waals surface area contributed by atoms with Crippen molar-refractivity contribution in [1.82, 2.24) is 0 Å². The molecule has 0 radical (unpaired) electrons. The molecule has 0 bridgehead atoms. The molecule has 0 saturated carbocycles. The Kier molecular flexibility index (Phi) is 6.12. The third-order valence-electron chi connectivity index (χ3n) is 4.87. The highest BCUT2D eigenvalue weighted by Crippen LogP contribution is 2.29. The van der Waals surface area contributed by atoms with E-state index >= 15 is 0 Å². The molecule has 1 aliphatic rings. The number of carbonyl (C=O) groups is 2. The van der Waals surface area contributed by atoms with E-state index in [1.807, 2.05) is 24.3 Å². The molecule has 1 saturated heterocycles. The lowest BCUT2D eigenvalue weighted by atomic mass is 10.0. The highest BCUT2D eigenvalue weighted by Gasteiger charge is 2.35. The molecule has 0 aliphatic carbocycles. The van der Waals surface area contributed by atoms with Crippen LogP contribution in [-0.2, 0) is 19.6 Å². The Morgan fingerprint density at radius 1 is 1.20 bits per heavy atom. The summed E-state index contributed by atoms with van der Waals surface area (Å²) in [5.74, 6) is -1.55. The van der Waals surface area contributed by atoms with E-state index < -0.39 is 21.8 Å². The maximum absolute atomic E-state index is 13.8. The summed E-state index contributed by atoms with van der Waals surface area (Å²) in [7, 11) is -3.67. The van der Waals surface area contributed by atoms with Gasteiger partial charge in [0, 0.05) is 24.3 Å². The molecule has 1 heterocycles. The molecule has 1 aliphatic heterocycles. The monoisotopic (exact) mass is 433 g/mol. The molecule has 3 rings (SSSR count). The van der Waals surface area contributed by atoms with Gasteiger partial charge >= 0.3 is 0 Å². The van der Waals surface area contributed by atoms with Gasteiger partial charge in [0.15, 0.2) is 0 Å². The summed E-state index contributed by atoms with van der Waals surface area (Å²) in [6.45, 7) is 4.37. The molecule has 2 N–H and O–H groups in total. The summed E-state index contributed by atoms with van der Waals surface area (Å²) in [6.07, 6.45) is 0.970. The number of halogens is 1. The molecule has 2 aromatic carbocycles. The van der Waals surface area contributed by atoms with E-state index in [-0.39, 0.29) is 36.2 Å². The minimum absolute atomic E-state index is 0.0629. The zero-order valence-electron chi connectivity index (χ0n) is 17.0. The van der Waals surface area contributed by atoms with Crippen molar-refractivity contribution in [2.45, 2.75) is 26.2 Å². The Morgan fingerprint density at radius 3 is 2.60 bits per heavy atom. The quantitative estimate of drug-likeness (QED) is 0.731. The lowest BCUT2D eigenvalue weighted by Gasteiger charge is -2.18. The van der Waals surface area contributed by atoms with E-state index in [4.69, 9.17) is 0 Å². The minimum Gasteiger partial charge on any atom is -0.326 e. The number of benzene rings is 2. The number of carbonyl (C=O) groups excluding carboxylic acids is 2. The highest BCUT2D eigenvalue weighted by molar-refractivity contribution is 7.92. The lowest BCUT2D eigenvalue weighted by Crippen LogP contribution is -2.28. The Balaban J connectivity index is 1.72. The Bertz CT molecular complexity index is 1090. The van der Waals surface area contributed by atoms with Crippen LogP contribution in [0.2, 0.25) is 0 Å². The van der Waals surface area contributed by atoms with Crippen LogP contribution in [0.1, 0.15) is 31.7 Å². The van der Waals surface area contributed by atoms with Crippen molar-refractivity contribution in [3.63, 3.8) is 0 Å². The van der Waals surface area contributed by atoms with Crippen molar-refractivity contribution in [3.05, 3.63) is 53.8 Å². The van der Waals surface area contributed by atoms with Crippen LogP contribution < -0.4 is 14.9 Å². The van der Waals surface area contributed by atoms with Crippen molar-refractivity contribution in [1.29, 1.82) is 0 Å². The van der Waals surface area contributed by atoms with Crippen LogP contribution in [-0.4, -0.2) is 33.0 Å². The first-order valence-corrected chi connectivity index (χ1v) is 11.4. The first kappa shape index (κ1) is 21.8. The van der Waals surface area contributed by atoms with E-state index in [0.29, 0.717) is 5.92 Å². The lowest BCUT2D eigenvalue weighted by molar-refractivity contribution is -0.122. The molecule has 7 nitrogen and oxygen atoms in total. The predicted octanol–water partition coefficient (Wildman–Crippen LogP) is 3.31. The van der Waals surface area contributed by atoms with E-state index in [2.05, 4.69) is 23.9 Å². The van der Waals surface area contributed by atoms with Crippen molar-refractivity contribution < 1.29 is 22.4 Å². The van der Waals surface area contributed by atoms with Crippen LogP contribution in [0.3, 0.4) is 0 Å². The van der Waals surface area contributed by atoms with Gasteiger partial charge < -0.3 is 10.2 Å². The fourth-order valence-corrected chi connectivity index (χ4v) is 3.87. The number of rotatable bonds is 6. The van der Waals surface area contributed by atoms with Crippen molar-refractivity contribution in [3.8, 4) is 0 Å². The van der Waals surface area contributed by atoms with E-state index in [0.717, 1.165) is 23.6 Å². The summed E-state index contributed by atoms with van der Waals surface area (Å²) >= 11 is 0. The van der Waals surface area contributed by atoms with Gasteiger partial charge in [-0.1, -0.05) is 26.0 Å². The third kappa shape index (κ3) is 5.15. The van der Waals surface area contributed by atoms with Gasteiger partial charge in [0.25, 0.3) is 0 Å². The molecule has 2 amide bonds. The molecule has 9 heteroatoms. The van der Waals surface area contributed by atoms with Gasteiger partial charge in [-0.25, -0.2) is 12.8 Å². The van der Waals surface area contributed by atoms with Crippen LogP contribution >= 0.6 is 0 Å². The number of hydrogen-bond donors (Lipinski definition) is 2. The van der Waals surface area contributed by atoms with Crippen LogP contribution in [0.4, 0.5) is 21.5 Å². The van der Waals surface area contributed by atoms with Crippen LogP contribution in [0.5, 0.6) is 0 Å². The summed E-state index contributed by atoms with van der Waals surface area (Å²) in [4.78, 5) is 26.8. The number of anilines is 3. The van der Waals surface area contributed by atoms with Crippen molar-refractivity contribution >= 4 is 38.9 Å². The number of amides is 2. The van der Waals surface area contributed by atoms with Gasteiger partial charge in [-0.05, 0) is 41.8 Å². The zero-order valence-corrected chi connectivity index (χ0v) is 17.8. The summed E-state index contributed by atoms with van der Waals surface area (Å²) < 4.78 is 38.6. The maximum atomic E-state index is 13.8. The van der Waals surface area contributed by atoms with Gasteiger partial charge in [0.05, 0.1) is 17.9 Å². The Hall–Kier alpha value is -2.94. The smallest absolute Gasteiger partial charge is 0.229 e. The maximum Gasteiger partial charge on any atom is 0.229 e. The highest BCUT2D eigenvalue weighted by atomic mass is 32.2. The predicted molar refractivity (Wildman–Crippen MR) is 114 cm³/mol. The normalized spacial score (nSPS) is 16.8. The SMILES string of the molecule is CC(C)c1cccc(N2C[C@@H](C(=O)Nc3ccc(F)c(NS(C)(=O)=O)c3)CC2=O)c1. The second kappa shape index (κ2) is 8.43. The Morgan fingerprint density at radius 2 is 1.93 bits per heavy atom. The number of hydrogen-bond acceptors (Lipinski definition) is 4. The topological polar surface area (TPSA) is 95.6 Å². The number of nitrogens with zero attached hydrogens (tertiary/aromatic N) is 1. The third-order valence-corrected chi connectivity index (χ3v) is 5.46. The van der Waals surface area contributed by atoms with Crippen molar-refractivity contribution in [2.24, 2.45) is 5.92 Å². The van der Waals surface area contributed by atoms with E-state index in [9.17, 15) is 22.4 Å². The van der Waals surface area contributed by atoms with E-state index in [1.165, 1.54) is 12.1 Å². The zero-order chi connectivity index (χ0) is 22.1. The van der Waals surface area contributed by atoms with Crippen LogP contribution in [0, 0.1) is 11.7 Å². The largest absolute Gasteiger partial charge is 0.326 e. The summed E-state index contributed by atoms with van der Waals surface area (Å²) in [5.41, 5.74) is 1.83. The standard InChI is InChI=1S/C21H24FN3O4S/c1-13(2)14-5-4-6-17(9-14)25-12-15(10-20(25)26)21(27)23-16-7-8-18(22)19(11-16)24-30(3,28)29/h4-9,11,13,15,24H,10,12H2,1-3H3,(H,23,27)/t15-/m0/s1. The van der Waals surface area contributed by atoms with Gasteiger partial charge in [-0.2, -0.15) is 0 Å². The first-order chi connectivity index (χ1) is 14.0. The molecule has 2 aromatic rings. The van der Waals surface area contributed by atoms with Crippen LogP contribution in [0.25, 0.3) is 0 Å². The molecular weight excluding hydrogens is 409 g/mol. The van der Waals surface area contributed by atoms with Gasteiger partial charge in [-0.15, -0.1) is 0 Å². The molecular formula is C21H24FN3O4S.